The van der Waals surface area contributed by atoms with Crippen molar-refractivity contribution in [1.29, 1.82) is 0 Å². The number of carboxylic acids is 1. The number of thioether (sulfide) groups is 1. The van der Waals surface area contributed by atoms with Crippen molar-refractivity contribution in [2.45, 2.75) is 17.1 Å². The Morgan fingerprint density at radius 1 is 1.42 bits per heavy atom. The third-order valence-electron chi connectivity index (χ3n) is 2.88. The molecule has 1 atom stereocenters. The number of para-hydroxylation sites is 1. The third-order valence-corrected chi connectivity index (χ3v) is 3.65. The highest BCUT2D eigenvalue weighted by atomic mass is 32.2. The van der Waals surface area contributed by atoms with Gasteiger partial charge in [0, 0.05) is 11.4 Å². The van der Waals surface area contributed by atoms with E-state index in [1.807, 2.05) is 0 Å². The zero-order valence-corrected chi connectivity index (χ0v) is 10.6. The standard InChI is InChI=1S/C12H11F2NO3S/c13-12(14)19-9-4-2-1-3-8(9)15-6-5-7(10(15)16)11(17)18/h1-4,7,12H,5-6H2,(H,17,18). The maximum Gasteiger partial charge on any atom is 0.316 e. The van der Waals surface area contributed by atoms with Crippen molar-refractivity contribution in [3.8, 4) is 0 Å². The molecule has 1 aromatic rings. The molecule has 0 spiro atoms. The number of benzene rings is 1. The molecule has 19 heavy (non-hydrogen) atoms. The molecule has 1 aliphatic heterocycles. The SMILES string of the molecule is O=C(O)C1CCN(c2ccccc2SC(F)F)C1=O. The molecule has 1 aliphatic rings. The van der Waals surface area contributed by atoms with Crippen LogP contribution in [0.25, 0.3) is 0 Å². The lowest BCUT2D eigenvalue weighted by Crippen LogP contribution is -2.30. The van der Waals surface area contributed by atoms with Gasteiger partial charge >= 0.3 is 5.97 Å². The number of aliphatic carboxylic acids is 1. The highest BCUT2D eigenvalue weighted by Crippen LogP contribution is 2.36. The van der Waals surface area contributed by atoms with Crippen molar-refractivity contribution < 1.29 is 23.5 Å². The quantitative estimate of drug-likeness (QED) is 0.682. The van der Waals surface area contributed by atoms with E-state index < -0.39 is 23.6 Å². The van der Waals surface area contributed by atoms with Crippen molar-refractivity contribution in [1.82, 2.24) is 0 Å². The molecule has 1 amide bonds. The number of carbonyl (C=O) groups excluding carboxylic acids is 1. The molecule has 102 valence electrons. The molecule has 0 aliphatic carbocycles. The molecule has 2 rings (SSSR count). The van der Waals surface area contributed by atoms with Gasteiger partial charge in [0.2, 0.25) is 5.91 Å². The predicted molar refractivity (Wildman–Crippen MR) is 66.4 cm³/mol. The predicted octanol–water partition coefficient (Wildman–Crippen LogP) is 2.44. The fourth-order valence-electron chi connectivity index (χ4n) is 2.02. The van der Waals surface area contributed by atoms with Gasteiger partial charge in [-0.15, -0.1) is 0 Å². The molecular formula is C12H11F2NO3S. The van der Waals surface area contributed by atoms with Gasteiger partial charge in [0.05, 0.1) is 5.69 Å². The number of rotatable bonds is 4. The maximum absolute atomic E-state index is 12.5. The molecule has 1 fully saturated rings. The first kappa shape index (κ1) is 13.8. The van der Waals surface area contributed by atoms with Crippen molar-refractivity contribution in [3.63, 3.8) is 0 Å². The molecule has 0 aromatic heterocycles. The van der Waals surface area contributed by atoms with Gasteiger partial charge < -0.3 is 10.0 Å². The fourth-order valence-corrected chi connectivity index (χ4v) is 2.67. The van der Waals surface area contributed by atoms with Crippen LogP contribution in [0.15, 0.2) is 29.2 Å². The summed E-state index contributed by atoms with van der Waals surface area (Å²) < 4.78 is 24.9. The van der Waals surface area contributed by atoms with Crippen LogP contribution in [-0.2, 0) is 9.59 Å². The molecule has 1 saturated heterocycles. The van der Waals surface area contributed by atoms with Crippen molar-refractivity contribution in [2.75, 3.05) is 11.4 Å². The van der Waals surface area contributed by atoms with E-state index in [-0.39, 0.29) is 17.9 Å². The molecule has 1 heterocycles. The number of anilines is 1. The van der Waals surface area contributed by atoms with Crippen LogP contribution < -0.4 is 4.90 Å². The second-order valence-corrected chi connectivity index (χ2v) is 5.05. The van der Waals surface area contributed by atoms with Crippen molar-refractivity contribution in [2.24, 2.45) is 5.92 Å². The van der Waals surface area contributed by atoms with Crippen LogP contribution in [0.3, 0.4) is 0 Å². The van der Waals surface area contributed by atoms with Gasteiger partial charge in [0.15, 0.2) is 0 Å². The average Bonchev–Trinajstić information content (AvgIpc) is 2.71. The first-order chi connectivity index (χ1) is 9.00. The second-order valence-electron chi connectivity index (χ2n) is 4.02. The summed E-state index contributed by atoms with van der Waals surface area (Å²) in [6.45, 7) is 0.233. The van der Waals surface area contributed by atoms with E-state index in [1.54, 1.807) is 18.2 Å². The first-order valence-electron chi connectivity index (χ1n) is 5.58. The number of halogens is 2. The Kier molecular flexibility index (Phi) is 4.04. The highest BCUT2D eigenvalue weighted by molar-refractivity contribution is 7.99. The summed E-state index contributed by atoms with van der Waals surface area (Å²) in [6, 6.07) is 6.27. The summed E-state index contributed by atoms with van der Waals surface area (Å²) in [7, 11) is 0. The largest absolute Gasteiger partial charge is 0.481 e. The summed E-state index contributed by atoms with van der Waals surface area (Å²) in [5.74, 6) is -5.39. The minimum Gasteiger partial charge on any atom is -0.481 e. The number of hydrogen-bond acceptors (Lipinski definition) is 3. The smallest absolute Gasteiger partial charge is 0.316 e. The van der Waals surface area contributed by atoms with Crippen LogP contribution >= 0.6 is 11.8 Å². The van der Waals surface area contributed by atoms with Gasteiger partial charge in [0.1, 0.15) is 5.92 Å². The van der Waals surface area contributed by atoms with E-state index in [9.17, 15) is 18.4 Å². The fraction of sp³-hybridized carbons (Fsp3) is 0.333. The monoisotopic (exact) mass is 287 g/mol. The Hall–Kier alpha value is -1.63. The first-order valence-corrected chi connectivity index (χ1v) is 6.46. The van der Waals surface area contributed by atoms with Crippen LogP contribution in [0.1, 0.15) is 6.42 Å². The second kappa shape index (κ2) is 5.56. The highest BCUT2D eigenvalue weighted by Gasteiger charge is 2.38. The van der Waals surface area contributed by atoms with Crippen molar-refractivity contribution >= 4 is 29.3 Å². The van der Waals surface area contributed by atoms with Gasteiger partial charge in [-0.25, -0.2) is 0 Å². The van der Waals surface area contributed by atoms with E-state index in [1.165, 1.54) is 11.0 Å². The topological polar surface area (TPSA) is 57.6 Å². The molecule has 1 unspecified atom stereocenters. The number of alkyl halides is 2. The molecule has 1 aromatic carbocycles. The Morgan fingerprint density at radius 3 is 2.68 bits per heavy atom. The Morgan fingerprint density at radius 2 is 2.11 bits per heavy atom. The summed E-state index contributed by atoms with van der Waals surface area (Å²) in [5.41, 5.74) is 0.349. The lowest BCUT2D eigenvalue weighted by atomic mass is 10.1. The van der Waals surface area contributed by atoms with Gasteiger partial charge in [-0.3, -0.25) is 9.59 Å². The summed E-state index contributed by atoms with van der Waals surface area (Å²) in [4.78, 5) is 24.4. The average molecular weight is 287 g/mol. The number of amides is 1. The minimum absolute atomic E-state index is 0.196. The molecule has 0 radical (unpaired) electrons. The zero-order valence-electron chi connectivity index (χ0n) is 9.75. The zero-order chi connectivity index (χ0) is 14.0. The van der Waals surface area contributed by atoms with Gasteiger partial charge in [-0.2, -0.15) is 8.78 Å². The number of hydrogen-bond donors (Lipinski definition) is 1. The molecule has 1 N–H and O–H groups in total. The molecule has 4 nitrogen and oxygen atoms in total. The summed E-state index contributed by atoms with van der Waals surface area (Å²) in [6.07, 6.45) is 0.196. The Labute approximate surface area is 112 Å². The van der Waals surface area contributed by atoms with E-state index >= 15 is 0 Å². The van der Waals surface area contributed by atoms with E-state index in [0.29, 0.717) is 17.4 Å². The molecule has 0 bridgehead atoms. The maximum atomic E-state index is 12.5. The van der Waals surface area contributed by atoms with Crippen LogP contribution in [0.4, 0.5) is 14.5 Å². The lowest BCUT2D eigenvalue weighted by molar-refractivity contribution is -0.144. The van der Waals surface area contributed by atoms with Crippen LogP contribution in [0.5, 0.6) is 0 Å². The van der Waals surface area contributed by atoms with E-state index in [0.717, 1.165) is 0 Å². The van der Waals surface area contributed by atoms with Crippen LogP contribution in [0.2, 0.25) is 0 Å². The van der Waals surface area contributed by atoms with Gasteiger partial charge in [0.25, 0.3) is 5.76 Å². The molecule has 7 heteroatoms. The van der Waals surface area contributed by atoms with E-state index in [2.05, 4.69) is 0 Å². The third kappa shape index (κ3) is 2.86. The van der Waals surface area contributed by atoms with Crippen LogP contribution in [0, 0.1) is 5.92 Å². The Balaban J connectivity index is 2.28. The number of carboxylic acid groups (broad SMARTS) is 1. The summed E-state index contributed by atoms with van der Waals surface area (Å²) in [5, 5.41) is 8.89. The van der Waals surface area contributed by atoms with Gasteiger partial charge in [-0.1, -0.05) is 23.9 Å². The van der Waals surface area contributed by atoms with Crippen LogP contribution in [-0.4, -0.2) is 29.3 Å². The number of carbonyl (C=O) groups is 2. The summed E-state index contributed by atoms with van der Waals surface area (Å²) >= 11 is 0.349. The van der Waals surface area contributed by atoms with Crippen molar-refractivity contribution in [3.05, 3.63) is 24.3 Å². The van der Waals surface area contributed by atoms with E-state index in [4.69, 9.17) is 5.11 Å². The number of nitrogens with zero attached hydrogens (tertiary/aromatic N) is 1. The molecule has 0 saturated carbocycles. The van der Waals surface area contributed by atoms with Gasteiger partial charge in [-0.05, 0) is 18.6 Å². The Bertz CT molecular complexity index is 510. The normalized spacial score (nSPS) is 19.2. The lowest BCUT2D eigenvalue weighted by Gasteiger charge is -2.19. The minimum atomic E-state index is -2.59. The molecular weight excluding hydrogens is 276 g/mol.